The normalized spacial score (nSPS) is 18.3. The number of nitrogens with one attached hydrogen (secondary N) is 1. The maximum absolute atomic E-state index is 11.6. The summed E-state index contributed by atoms with van der Waals surface area (Å²) < 4.78 is 0. The van der Waals surface area contributed by atoms with Gasteiger partial charge in [-0.15, -0.1) is 0 Å². The zero-order valence-electron chi connectivity index (χ0n) is 15.1. The minimum Gasteiger partial charge on any atom is -0.295 e. The Labute approximate surface area is 167 Å². The number of hydrazone groups is 1. The van der Waals surface area contributed by atoms with Gasteiger partial charge < -0.3 is 0 Å². The third-order valence-corrected chi connectivity index (χ3v) is 4.83. The number of hydroxylamine groups is 2. The van der Waals surface area contributed by atoms with E-state index < -0.39 is 0 Å². The molecule has 0 unspecified atom stereocenters. The highest BCUT2D eigenvalue weighted by molar-refractivity contribution is 6.30. The molecule has 0 atom stereocenters. The number of benzene rings is 2. The van der Waals surface area contributed by atoms with Gasteiger partial charge in [-0.1, -0.05) is 41.9 Å². The Bertz CT molecular complexity index is 1090. The lowest BCUT2D eigenvalue weighted by atomic mass is 10.0. The van der Waals surface area contributed by atoms with Crippen molar-refractivity contribution in [3.8, 4) is 0 Å². The smallest absolute Gasteiger partial charge is 0.171 e. The second kappa shape index (κ2) is 7.96. The summed E-state index contributed by atoms with van der Waals surface area (Å²) in [5.41, 5.74) is 5.14. The molecule has 0 radical (unpaired) electrons. The Balaban J connectivity index is 1.80. The van der Waals surface area contributed by atoms with Crippen LogP contribution in [-0.4, -0.2) is 28.4 Å². The third kappa shape index (κ3) is 3.98. The quantitative estimate of drug-likeness (QED) is 0.783. The third-order valence-electron chi connectivity index (χ3n) is 4.59. The average molecular weight is 395 g/mol. The number of amidine groups is 1. The van der Waals surface area contributed by atoms with Gasteiger partial charge in [0.1, 0.15) is 6.54 Å². The number of ketones is 1. The van der Waals surface area contributed by atoms with Crippen molar-refractivity contribution in [1.82, 2.24) is 10.5 Å². The molecule has 2 N–H and O–H groups in total. The number of halogens is 1. The van der Waals surface area contributed by atoms with Gasteiger partial charge in [-0.25, -0.2) is 10.1 Å². The van der Waals surface area contributed by atoms with E-state index in [0.29, 0.717) is 28.3 Å². The first-order chi connectivity index (χ1) is 13.6. The maximum atomic E-state index is 11.6. The summed E-state index contributed by atoms with van der Waals surface area (Å²) in [5, 5.41) is 18.2. The molecule has 0 saturated heterocycles. The molecule has 1 aliphatic carbocycles. The molecule has 1 aliphatic heterocycles. The summed E-state index contributed by atoms with van der Waals surface area (Å²) in [5.74, 6) is 0.492. The summed E-state index contributed by atoms with van der Waals surface area (Å²) in [6.45, 7) is 0.0880. The first kappa shape index (κ1) is 18.4. The molecule has 4 rings (SSSR count). The Morgan fingerprint density at radius 2 is 1.96 bits per heavy atom. The Hall–Kier alpha value is -2.96. The number of fused-ring (bicyclic) bond motifs is 1. The highest BCUT2D eigenvalue weighted by Gasteiger charge is 2.18. The van der Waals surface area contributed by atoms with Crippen molar-refractivity contribution >= 4 is 28.9 Å². The molecule has 6 nitrogen and oxygen atoms in total. The van der Waals surface area contributed by atoms with Crippen LogP contribution in [0.5, 0.6) is 0 Å². The summed E-state index contributed by atoms with van der Waals surface area (Å²) in [4.78, 5) is 16.2. The maximum Gasteiger partial charge on any atom is 0.171 e. The molecule has 0 aromatic heterocycles. The fraction of sp³-hybridized carbons (Fsp3) is 0.190. The largest absolute Gasteiger partial charge is 0.295 e. The molecular weight excluding hydrogens is 376 g/mol. The van der Waals surface area contributed by atoms with Crippen LogP contribution in [0.3, 0.4) is 0 Å². The average Bonchev–Trinajstić information content (AvgIpc) is 2.82. The fourth-order valence-corrected chi connectivity index (χ4v) is 3.47. The Morgan fingerprint density at radius 1 is 1.14 bits per heavy atom. The minimum absolute atomic E-state index is 0.0880. The van der Waals surface area contributed by atoms with Crippen LogP contribution in [0, 0.1) is 0 Å². The van der Waals surface area contributed by atoms with Crippen LogP contribution in [-0.2, 0) is 4.79 Å². The van der Waals surface area contributed by atoms with E-state index in [1.807, 2.05) is 30.3 Å². The van der Waals surface area contributed by atoms with Crippen molar-refractivity contribution < 1.29 is 10.0 Å². The van der Waals surface area contributed by atoms with Gasteiger partial charge in [-0.05, 0) is 31.0 Å². The number of hydrogen-bond acceptors (Lipinski definition) is 5. The molecule has 0 bridgehead atoms. The van der Waals surface area contributed by atoms with Crippen molar-refractivity contribution in [1.29, 1.82) is 0 Å². The molecule has 2 aromatic rings. The monoisotopic (exact) mass is 394 g/mol. The zero-order chi connectivity index (χ0) is 19.5. The second-order valence-corrected chi connectivity index (χ2v) is 7.11. The van der Waals surface area contributed by atoms with Crippen LogP contribution in [0.15, 0.2) is 70.4 Å². The van der Waals surface area contributed by atoms with Gasteiger partial charge in [0.2, 0.25) is 0 Å². The van der Waals surface area contributed by atoms with E-state index in [1.165, 1.54) is 0 Å². The van der Waals surface area contributed by atoms with Crippen molar-refractivity contribution in [2.45, 2.75) is 19.3 Å². The van der Waals surface area contributed by atoms with E-state index in [0.717, 1.165) is 34.4 Å². The first-order valence-electron chi connectivity index (χ1n) is 9.06. The molecule has 1 heterocycles. The molecule has 0 fully saturated rings. The zero-order valence-corrected chi connectivity index (χ0v) is 15.9. The van der Waals surface area contributed by atoms with E-state index in [9.17, 15) is 10.0 Å². The summed E-state index contributed by atoms with van der Waals surface area (Å²) in [6.07, 6.45) is 3.72. The van der Waals surface area contributed by atoms with Crippen LogP contribution < -0.4 is 16.0 Å². The number of nitrogens with zero attached hydrogens (tertiary/aromatic N) is 3. The SMILES string of the molecule is O=C1C=C(N/N=C2\CN(O)C(c3ccccc3)=c3cc(Cl)ccc3=N2)CCC1. The Kier molecular flexibility index (Phi) is 5.23. The van der Waals surface area contributed by atoms with Crippen molar-refractivity contribution in [2.24, 2.45) is 10.1 Å². The summed E-state index contributed by atoms with van der Waals surface area (Å²) in [6, 6.07) is 14.9. The number of hydrogen-bond donors (Lipinski definition) is 2. The van der Waals surface area contributed by atoms with Gasteiger partial charge in [0.15, 0.2) is 11.6 Å². The van der Waals surface area contributed by atoms with Gasteiger partial charge in [-0.2, -0.15) is 5.10 Å². The predicted octanol–water partition coefficient (Wildman–Crippen LogP) is 2.36. The van der Waals surface area contributed by atoms with Gasteiger partial charge >= 0.3 is 0 Å². The lowest BCUT2D eigenvalue weighted by molar-refractivity contribution is -0.115. The molecule has 2 aromatic carbocycles. The number of carbonyl (C=O) groups is 1. The molecule has 142 valence electrons. The van der Waals surface area contributed by atoms with Crippen LogP contribution >= 0.6 is 11.6 Å². The van der Waals surface area contributed by atoms with Crippen LogP contribution in [0.4, 0.5) is 0 Å². The van der Waals surface area contributed by atoms with Crippen LogP contribution in [0.1, 0.15) is 24.8 Å². The minimum atomic E-state index is 0.0880. The standard InChI is InChI=1S/C21H19ClN4O2/c22-15-9-10-19-18(11-15)21(14-5-2-1-3-6-14)26(28)13-20(23-19)25-24-16-7-4-8-17(27)12-16/h1-3,5-6,9-12,24,28H,4,7-8,13H2/b25-20+. The highest BCUT2D eigenvalue weighted by Crippen LogP contribution is 2.16. The highest BCUT2D eigenvalue weighted by atomic mass is 35.5. The van der Waals surface area contributed by atoms with E-state index in [1.54, 1.807) is 24.3 Å². The van der Waals surface area contributed by atoms with Crippen molar-refractivity contribution in [2.75, 3.05) is 6.54 Å². The second-order valence-electron chi connectivity index (χ2n) is 6.67. The Morgan fingerprint density at radius 3 is 2.75 bits per heavy atom. The number of carbonyl (C=O) groups excluding carboxylic acids is 1. The topological polar surface area (TPSA) is 77.3 Å². The van der Waals surface area contributed by atoms with Crippen LogP contribution in [0.25, 0.3) is 5.70 Å². The van der Waals surface area contributed by atoms with Gasteiger partial charge in [0, 0.05) is 34.0 Å². The van der Waals surface area contributed by atoms with Gasteiger partial charge in [0.05, 0.1) is 11.1 Å². The molecular formula is C21H19ClN4O2. The van der Waals surface area contributed by atoms with E-state index in [2.05, 4.69) is 15.5 Å². The number of rotatable bonds is 3. The lowest BCUT2D eigenvalue weighted by Crippen LogP contribution is -2.32. The first-order valence-corrected chi connectivity index (χ1v) is 9.44. The lowest BCUT2D eigenvalue weighted by Gasteiger charge is -2.19. The van der Waals surface area contributed by atoms with E-state index >= 15 is 0 Å². The van der Waals surface area contributed by atoms with Gasteiger partial charge in [-0.3, -0.25) is 15.4 Å². The summed E-state index contributed by atoms with van der Waals surface area (Å²) in [7, 11) is 0. The molecule has 0 spiro atoms. The number of allylic oxidation sites excluding steroid dienone is 2. The van der Waals surface area contributed by atoms with E-state index in [4.69, 9.17) is 11.6 Å². The fourth-order valence-electron chi connectivity index (χ4n) is 3.30. The molecule has 28 heavy (non-hydrogen) atoms. The van der Waals surface area contributed by atoms with Gasteiger partial charge in [0.25, 0.3) is 0 Å². The van der Waals surface area contributed by atoms with Crippen molar-refractivity contribution in [3.05, 3.63) is 81.5 Å². The van der Waals surface area contributed by atoms with Crippen molar-refractivity contribution in [3.63, 3.8) is 0 Å². The molecule has 0 amide bonds. The molecule has 2 aliphatic rings. The molecule has 7 heteroatoms. The summed E-state index contributed by atoms with van der Waals surface area (Å²) >= 11 is 6.21. The van der Waals surface area contributed by atoms with Crippen LogP contribution in [0.2, 0.25) is 5.02 Å². The predicted molar refractivity (Wildman–Crippen MR) is 107 cm³/mol. The molecule has 0 saturated carbocycles. The van der Waals surface area contributed by atoms with E-state index in [-0.39, 0.29) is 12.3 Å².